The largest absolute Gasteiger partial charge is 0.493 e. The van der Waals surface area contributed by atoms with Crippen LogP contribution in [0.1, 0.15) is 11.1 Å². The average molecular weight is 675 g/mol. The Morgan fingerprint density at radius 2 is 1.60 bits per heavy atom. The van der Waals surface area contributed by atoms with Crippen LogP contribution in [0.2, 0.25) is 0 Å². The Morgan fingerprint density at radius 3 is 2.28 bits per heavy atom. The molecule has 3 heterocycles. The van der Waals surface area contributed by atoms with E-state index in [9.17, 15) is 21.6 Å². The maximum atomic E-state index is 13.3. The second-order valence-corrected chi connectivity index (χ2v) is 11.2. The van der Waals surface area contributed by atoms with Gasteiger partial charge in [-0.05, 0) is 23.8 Å². The van der Waals surface area contributed by atoms with E-state index in [0.29, 0.717) is 50.0 Å². The lowest BCUT2D eigenvalue weighted by Gasteiger charge is -2.28. The molecule has 4 aromatic rings. The molecule has 0 bridgehead atoms. The van der Waals surface area contributed by atoms with Gasteiger partial charge in [0.25, 0.3) is 15.9 Å². The summed E-state index contributed by atoms with van der Waals surface area (Å²) in [6.07, 6.45) is -1.97. The fourth-order valence-corrected chi connectivity index (χ4v) is 4.92. The van der Waals surface area contributed by atoms with Crippen molar-refractivity contribution in [3.63, 3.8) is 0 Å². The van der Waals surface area contributed by atoms with E-state index in [1.165, 1.54) is 13.2 Å². The van der Waals surface area contributed by atoms with Crippen molar-refractivity contribution in [2.75, 3.05) is 56.2 Å². The minimum absolute atomic E-state index is 0.132. The number of hydrogen-bond donors (Lipinski definition) is 1. The fourth-order valence-electron chi connectivity index (χ4n) is 4.10. The lowest BCUT2D eigenvalue weighted by atomic mass is 10.2. The van der Waals surface area contributed by atoms with E-state index in [4.69, 9.17) is 23.7 Å². The van der Waals surface area contributed by atoms with E-state index < -0.39 is 21.8 Å². The monoisotopic (exact) mass is 674 g/mol. The summed E-state index contributed by atoms with van der Waals surface area (Å²) in [6, 6.07) is 15.2. The topological polar surface area (TPSA) is 147 Å². The molecule has 5 rings (SSSR count). The van der Waals surface area contributed by atoms with Gasteiger partial charge in [0.2, 0.25) is 11.7 Å². The normalized spacial score (nSPS) is 13.7. The van der Waals surface area contributed by atoms with Gasteiger partial charge < -0.3 is 28.6 Å². The molecule has 0 unspecified atom stereocenters. The van der Waals surface area contributed by atoms with Crippen LogP contribution in [0.4, 0.5) is 24.9 Å². The molecule has 0 atom stereocenters. The minimum Gasteiger partial charge on any atom is -0.493 e. The summed E-state index contributed by atoms with van der Waals surface area (Å²) in [5, 5.41) is 0.990. The number of aromatic nitrogens is 4. The summed E-state index contributed by atoms with van der Waals surface area (Å²) >= 11 is 0. The van der Waals surface area contributed by atoms with Crippen LogP contribution in [0.3, 0.4) is 0 Å². The maximum Gasteiger partial charge on any atom is 0.419 e. The molecule has 13 nitrogen and oxygen atoms in total. The molecule has 1 saturated heterocycles. The van der Waals surface area contributed by atoms with E-state index in [1.54, 1.807) is 53.4 Å². The van der Waals surface area contributed by atoms with E-state index in [1.807, 2.05) is 6.07 Å². The number of halogens is 3. The summed E-state index contributed by atoms with van der Waals surface area (Å²) < 4.78 is 95.8. The van der Waals surface area contributed by atoms with E-state index in [2.05, 4.69) is 24.7 Å². The van der Waals surface area contributed by atoms with Crippen LogP contribution in [-0.2, 0) is 20.9 Å². The van der Waals surface area contributed by atoms with Crippen molar-refractivity contribution in [3.8, 4) is 29.1 Å². The third-order valence-corrected chi connectivity index (χ3v) is 7.36. The van der Waals surface area contributed by atoms with Crippen molar-refractivity contribution in [3.05, 3.63) is 83.5 Å². The molecular weight excluding hydrogens is 645 g/mol. The predicted molar refractivity (Wildman–Crippen MR) is 164 cm³/mol. The molecule has 0 spiro atoms. The average Bonchev–Trinajstić information content (AvgIpc) is 3.07. The number of ether oxygens (including phenoxy) is 5. The fraction of sp³-hybridized carbons (Fsp3) is 0.267. The second-order valence-electron chi connectivity index (χ2n) is 9.67. The summed E-state index contributed by atoms with van der Waals surface area (Å²) in [7, 11) is -2.71. The lowest BCUT2D eigenvalue weighted by Crippen LogP contribution is -2.37. The molecule has 17 heteroatoms. The molecule has 2 aromatic carbocycles. The zero-order chi connectivity index (χ0) is 33.3. The SMILES string of the molecule is COc1ccccc1Oc1c(NS(=O)(=O)/C=C\c2ccccc2)nc(N2CCOCC2)nc1OCCOc1ncc(C(F)(F)F)cn1. The first kappa shape index (κ1) is 33.2. The van der Waals surface area contributed by atoms with Crippen LogP contribution in [0.5, 0.6) is 29.1 Å². The highest BCUT2D eigenvalue weighted by molar-refractivity contribution is 7.95. The van der Waals surface area contributed by atoms with Crippen molar-refractivity contribution >= 4 is 27.9 Å². The van der Waals surface area contributed by atoms with Crippen molar-refractivity contribution < 1.29 is 45.3 Å². The molecule has 2 aromatic heterocycles. The highest BCUT2D eigenvalue weighted by Gasteiger charge is 2.31. The summed E-state index contributed by atoms with van der Waals surface area (Å²) in [6.45, 7) is 1.19. The molecule has 1 N–H and O–H groups in total. The number of sulfonamides is 1. The molecule has 47 heavy (non-hydrogen) atoms. The van der Waals surface area contributed by atoms with Crippen molar-refractivity contribution in [1.82, 2.24) is 19.9 Å². The van der Waals surface area contributed by atoms with Crippen LogP contribution in [-0.4, -0.2) is 75.0 Å². The highest BCUT2D eigenvalue weighted by atomic mass is 32.2. The third kappa shape index (κ3) is 9.20. The van der Waals surface area contributed by atoms with Gasteiger partial charge in [-0.15, -0.1) is 0 Å². The Hall–Kier alpha value is -5.16. The maximum absolute atomic E-state index is 13.3. The molecule has 1 aliphatic rings. The molecule has 0 amide bonds. The second kappa shape index (κ2) is 15.0. The first-order chi connectivity index (χ1) is 22.6. The first-order valence-electron chi connectivity index (χ1n) is 14.1. The predicted octanol–water partition coefficient (Wildman–Crippen LogP) is 4.79. The van der Waals surface area contributed by atoms with Crippen LogP contribution < -0.4 is 28.6 Å². The Morgan fingerprint density at radius 1 is 0.936 bits per heavy atom. The zero-order valence-corrected chi connectivity index (χ0v) is 25.7. The number of nitrogens with zero attached hydrogens (tertiary/aromatic N) is 5. The van der Waals surface area contributed by atoms with Gasteiger partial charge in [-0.2, -0.15) is 23.1 Å². The van der Waals surface area contributed by atoms with E-state index in [0.717, 1.165) is 5.41 Å². The number of alkyl halides is 3. The minimum atomic E-state index is -4.60. The Balaban J connectivity index is 1.46. The number of morpholine rings is 1. The zero-order valence-electron chi connectivity index (χ0n) is 24.9. The number of para-hydroxylation sites is 2. The molecule has 1 aliphatic heterocycles. The van der Waals surface area contributed by atoms with Gasteiger partial charge in [0.05, 0.1) is 31.3 Å². The Bertz CT molecular complexity index is 1770. The van der Waals surface area contributed by atoms with Crippen molar-refractivity contribution in [2.45, 2.75) is 6.18 Å². The van der Waals surface area contributed by atoms with Crippen molar-refractivity contribution in [1.29, 1.82) is 0 Å². The van der Waals surface area contributed by atoms with Gasteiger partial charge in [-0.3, -0.25) is 4.72 Å². The Kier molecular flexibility index (Phi) is 10.6. The number of anilines is 2. The van der Waals surface area contributed by atoms with Crippen LogP contribution in [0.15, 0.2) is 72.4 Å². The number of benzene rings is 2. The number of methoxy groups -OCH3 is 1. The van der Waals surface area contributed by atoms with Crippen LogP contribution >= 0.6 is 0 Å². The molecular formula is C30H29F3N6O7S. The van der Waals surface area contributed by atoms with Gasteiger partial charge in [-0.25, -0.2) is 18.4 Å². The quantitative estimate of drug-likeness (QED) is 0.195. The van der Waals surface area contributed by atoms with Crippen LogP contribution in [0, 0.1) is 0 Å². The van der Waals surface area contributed by atoms with Gasteiger partial charge >= 0.3 is 12.2 Å². The van der Waals surface area contributed by atoms with Crippen LogP contribution in [0.25, 0.3) is 6.08 Å². The van der Waals surface area contributed by atoms with Gasteiger partial charge in [0, 0.05) is 25.5 Å². The smallest absolute Gasteiger partial charge is 0.419 e. The van der Waals surface area contributed by atoms with Gasteiger partial charge in [-0.1, -0.05) is 42.5 Å². The van der Waals surface area contributed by atoms with Crippen molar-refractivity contribution in [2.24, 2.45) is 0 Å². The molecule has 1 fully saturated rings. The number of hydrogen-bond acceptors (Lipinski definition) is 12. The first-order valence-corrected chi connectivity index (χ1v) is 15.6. The molecule has 248 valence electrons. The van der Waals surface area contributed by atoms with E-state index >= 15 is 0 Å². The standard InChI is InChI=1S/C30H29F3N6O7S/c1-42-23-9-5-6-10-24(23)46-25-26(38-47(40,41)18-11-21-7-3-2-4-8-21)36-28(39-12-14-43-15-13-39)37-27(25)44-16-17-45-29-34-19-22(20-35-29)30(31,32)33/h2-11,18-20H,12-17H2,1H3,(H,36,37,38)/b18-11-. The third-order valence-electron chi connectivity index (χ3n) is 6.38. The molecule has 0 saturated carbocycles. The highest BCUT2D eigenvalue weighted by Crippen LogP contribution is 2.41. The summed E-state index contributed by atoms with van der Waals surface area (Å²) in [4.78, 5) is 18.0. The van der Waals surface area contributed by atoms with Gasteiger partial charge in [0.1, 0.15) is 13.2 Å². The lowest BCUT2D eigenvalue weighted by molar-refractivity contribution is -0.138. The molecule has 0 aliphatic carbocycles. The number of nitrogens with one attached hydrogen (secondary N) is 1. The summed E-state index contributed by atoms with van der Waals surface area (Å²) in [5.74, 6) is 0.0936. The Labute approximate surface area is 268 Å². The van der Waals surface area contributed by atoms with E-state index in [-0.39, 0.29) is 48.4 Å². The summed E-state index contributed by atoms with van der Waals surface area (Å²) in [5.41, 5.74) is -0.370. The van der Waals surface area contributed by atoms with Gasteiger partial charge in [0.15, 0.2) is 17.3 Å². The molecule has 0 radical (unpaired) electrons. The number of rotatable bonds is 13.